The second kappa shape index (κ2) is 18.5. The van der Waals surface area contributed by atoms with Gasteiger partial charge in [-0.3, -0.25) is 0 Å². The average Bonchev–Trinajstić information content (AvgIpc) is 2.62. The molecule has 2 nitrogen and oxygen atoms in total. The number of ether oxygens (including phenoxy) is 1. The van der Waals surface area contributed by atoms with Gasteiger partial charge in [0, 0.05) is 6.08 Å². The van der Waals surface area contributed by atoms with Crippen LogP contribution >= 0.6 is 0 Å². The Hall–Kier alpha value is -0.790. The molecule has 0 aromatic rings. The SMILES string of the molecule is C=CC(=O)OC1CCCCC1.CCCCCCCCCCCCC. The predicted molar refractivity (Wildman–Crippen MR) is 105 cm³/mol. The molecule has 0 aromatic heterocycles. The van der Waals surface area contributed by atoms with Crippen molar-refractivity contribution in [3.8, 4) is 0 Å². The van der Waals surface area contributed by atoms with E-state index in [9.17, 15) is 4.79 Å². The molecule has 24 heavy (non-hydrogen) atoms. The predicted octanol–water partition coefficient (Wildman–Crippen LogP) is 7.37. The van der Waals surface area contributed by atoms with Crippen molar-refractivity contribution >= 4 is 5.97 Å². The second-order valence-electron chi connectivity index (χ2n) is 7.08. The highest BCUT2D eigenvalue weighted by atomic mass is 16.5. The first-order chi connectivity index (χ1) is 11.7. The molecule has 0 unspecified atom stereocenters. The lowest BCUT2D eigenvalue weighted by molar-refractivity contribution is -0.144. The Labute approximate surface area is 151 Å². The number of esters is 1. The highest BCUT2D eigenvalue weighted by Gasteiger charge is 2.15. The molecule has 0 heterocycles. The molecule has 0 amide bonds. The van der Waals surface area contributed by atoms with E-state index in [1.54, 1.807) is 0 Å². The molecule has 1 aliphatic rings. The third kappa shape index (κ3) is 16.1. The van der Waals surface area contributed by atoms with Crippen molar-refractivity contribution in [2.24, 2.45) is 0 Å². The summed E-state index contributed by atoms with van der Waals surface area (Å²) in [4.78, 5) is 10.7. The Kier molecular flexibility index (Phi) is 17.9. The summed E-state index contributed by atoms with van der Waals surface area (Å²) in [5, 5.41) is 0. The first kappa shape index (κ1) is 23.2. The zero-order valence-corrected chi connectivity index (χ0v) is 16.5. The highest BCUT2D eigenvalue weighted by molar-refractivity contribution is 5.81. The van der Waals surface area contributed by atoms with Gasteiger partial charge in [0.05, 0.1) is 0 Å². The van der Waals surface area contributed by atoms with E-state index in [0.29, 0.717) is 0 Å². The summed E-state index contributed by atoms with van der Waals surface area (Å²) in [7, 11) is 0. The minimum Gasteiger partial charge on any atom is -0.459 e. The highest BCUT2D eigenvalue weighted by Crippen LogP contribution is 2.20. The summed E-state index contributed by atoms with van der Waals surface area (Å²) in [6, 6.07) is 0. The normalized spacial score (nSPS) is 14.6. The van der Waals surface area contributed by atoms with Crippen molar-refractivity contribution in [3.63, 3.8) is 0 Å². The van der Waals surface area contributed by atoms with Gasteiger partial charge in [0.25, 0.3) is 0 Å². The molecule has 1 aliphatic carbocycles. The molecule has 0 radical (unpaired) electrons. The number of carbonyl (C=O) groups excluding carboxylic acids is 1. The molecule has 1 fully saturated rings. The maximum Gasteiger partial charge on any atom is 0.330 e. The Balaban J connectivity index is 0.000000446. The van der Waals surface area contributed by atoms with Gasteiger partial charge >= 0.3 is 5.97 Å². The summed E-state index contributed by atoms with van der Waals surface area (Å²) in [5.41, 5.74) is 0. The average molecular weight is 339 g/mol. The molecule has 0 aromatic carbocycles. The smallest absolute Gasteiger partial charge is 0.330 e. The number of hydrogen-bond acceptors (Lipinski definition) is 2. The van der Waals surface area contributed by atoms with Crippen LogP contribution in [-0.4, -0.2) is 12.1 Å². The van der Waals surface area contributed by atoms with E-state index in [1.165, 1.54) is 96.0 Å². The van der Waals surface area contributed by atoms with E-state index >= 15 is 0 Å². The van der Waals surface area contributed by atoms with Crippen molar-refractivity contribution in [3.05, 3.63) is 12.7 Å². The van der Waals surface area contributed by atoms with Crippen LogP contribution in [0.5, 0.6) is 0 Å². The van der Waals surface area contributed by atoms with Crippen LogP contribution in [0.2, 0.25) is 0 Å². The molecular formula is C22H42O2. The maximum atomic E-state index is 10.7. The summed E-state index contributed by atoms with van der Waals surface area (Å²) in [5.74, 6) is -0.281. The molecule has 0 N–H and O–H groups in total. The minimum absolute atomic E-state index is 0.161. The number of hydrogen-bond donors (Lipinski definition) is 0. The molecule has 2 heteroatoms. The van der Waals surface area contributed by atoms with Gasteiger partial charge < -0.3 is 4.74 Å². The fourth-order valence-electron chi connectivity index (χ4n) is 3.13. The van der Waals surface area contributed by atoms with Crippen LogP contribution in [0.15, 0.2) is 12.7 Å². The standard InChI is InChI=1S/C13H28.C9H14O2/c1-3-5-7-9-11-13-12-10-8-6-4-2;1-2-9(10)11-8-6-4-3-5-7-8/h3-13H2,1-2H3;2,8H,1,3-7H2. The van der Waals surface area contributed by atoms with E-state index in [1.807, 2.05) is 0 Å². The summed E-state index contributed by atoms with van der Waals surface area (Å²) < 4.78 is 5.08. The largest absolute Gasteiger partial charge is 0.459 e. The molecule has 0 atom stereocenters. The zero-order valence-electron chi connectivity index (χ0n) is 16.5. The van der Waals surface area contributed by atoms with Gasteiger partial charge in [0.2, 0.25) is 0 Å². The minimum atomic E-state index is -0.281. The topological polar surface area (TPSA) is 26.3 Å². The van der Waals surface area contributed by atoms with Gasteiger partial charge in [-0.1, -0.05) is 97.5 Å². The van der Waals surface area contributed by atoms with Gasteiger partial charge in [0.1, 0.15) is 6.10 Å². The first-order valence-corrected chi connectivity index (χ1v) is 10.6. The lowest BCUT2D eigenvalue weighted by Gasteiger charge is -2.20. The fourth-order valence-corrected chi connectivity index (χ4v) is 3.13. The van der Waals surface area contributed by atoms with Crippen molar-refractivity contribution < 1.29 is 9.53 Å². The summed E-state index contributed by atoms with van der Waals surface area (Å²) >= 11 is 0. The number of rotatable bonds is 12. The zero-order chi connectivity index (χ0) is 17.9. The van der Waals surface area contributed by atoms with Crippen LogP contribution in [0.25, 0.3) is 0 Å². The van der Waals surface area contributed by atoms with Gasteiger partial charge in [-0.15, -0.1) is 0 Å². The van der Waals surface area contributed by atoms with Gasteiger partial charge in [0.15, 0.2) is 0 Å². The maximum absolute atomic E-state index is 10.7. The lowest BCUT2D eigenvalue weighted by Crippen LogP contribution is -2.19. The van der Waals surface area contributed by atoms with Gasteiger partial charge in [-0.2, -0.15) is 0 Å². The molecule has 0 saturated heterocycles. The van der Waals surface area contributed by atoms with E-state index in [0.717, 1.165) is 12.8 Å². The Bertz CT molecular complexity index is 270. The summed E-state index contributed by atoms with van der Waals surface area (Å²) in [6.45, 7) is 7.92. The number of unbranched alkanes of at least 4 members (excludes halogenated alkanes) is 10. The Morgan fingerprint density at radius 1 is 0.833 bits per heavy atom. The van der Waals surface area contributed by atoms with Crippen LogP contribution in [0, 0.1) is 0 Å². The summed E-state index contributed by atoms with van der Waals surface area (Å²) in [6.07, 6.45) is 23.0. The van der Waals surface area contributed by atoms with E-state index in [2.05, 4.69) is 20.4 Å². The molecular weight excluding hydrogens is 296 g/mol. The van der Waals surface area contributed by atoms with Crippen LogP contribution < -0.4 is 0 Å². The van der Waals surface area contributed by atoms with E-state index in [4.69, 9.17) is 4.74 Å². The fraction of sp³-hybridized carbons (Fsp3) is 0.864. The molecule has 0 aliphatic heterocycles. The quantitative estimate of drug-likeness (QED) is 0.211. The van der Waals surface area contributed by atoms with Crippen LogP contribution in [0.1, 0.15) is 117 Å². The van der Waals surface area contributed by atoms with Gasteiger partial charge in [-0.25, -0.2) is 4.79 Å². The monoisotopic (exact) mass is 338 g/mol. The van der Waals surface area contributed by atoms with Crippen LogP contribution in [0.3, 0.4) is 0 Å². The molecule has 142 valence electrons. The third-order valence-corrected chi connectivity index (χ3v) is 4.71. The van der Waals surface area contributed by atoms with E-state index in [-0.39, 0.29) is 12.1 Å². The third-order valence-electron chi connectivity index (χ3n) is 4.71. The Morgan fingerprint density at radius 3 is 1.62 bits per heavy atom. The van der Waals surface area contributed by atoms with Crippen molar-refractivity contribution in [2.45, 2.75) is 123 Å². The van der Waals surface area contributed by atoms with Crippen LogP contribution in [0.4, 0.5) is 0 Å². The lowest BCUT2D eigenvalue weighted by atomic mass is 9.98. The Morgan fingerprint density at radius 2 is 1.25 bits per heavy atom. The second-order valence-corrected chi connectivity index (χ2v) is 7.08. The molecule has 0 bridgehead atoms. The number of carbonyl (C=O) groups is 1. The molecule has 0 spiro atoms. The van der Waals surface area contributed by atoms with Crippen LogP contribution in [-0.2, 0) is 9.53 Å². The van der Waals surface area contributed by atoms with Crippen molar-refractivity contribution in [1.29, 1.82) is 0 Å². The van der Waals surface area contributed by atoms with E-state index < -0.39 is 0 Å². The first-order valence-electron chi connectivity index (χ1n) is 10.6. The molecule has 1 rings (SSSR count). The molecule has 1 saturated carbocycles. The van der Waals surface area contributed by atoms with Crippen molar-refractivity contribution in [1.82, 2.24) is 0 Å². The van der Waals surface area contributed by atoms with Gasteiger partial charge in [-0.05, 0) is 25.7 Å². The van der Waals surface area contributed by atoms with Crippen molar-refractivity contribution in [2.75, 3.05) is 0 Å².